The molecule has 0 aliphatic heterocycles. The van der Waals surface area contributed by atoms with E-state index in [9.17, 15) is 9.90 Å². The lowest BCUT2D eigenvalue weighted by Gasteiger charge is -2.14. The fraction of sp³-hybridized carbons (Fsp3) is 0.400. The number of carbonyl (C=O) groups is 1. The fourth-order valence-electron chi connectivity index (χ4n) is 2.45. The van der Waals surface area contributed by atoms with Gasteiger partial charge in [0.1, 0.15) is 11.8 Å². The van der Waals surface area contributed by atoms with E-state index in [0.717, 1.165) is 17.9 Å². The third-order valence-corrected chi connectivity index (χ3v) is 3.51. The molecule has 0 saturated carbocycles. The summed E-state index contributed by atoms with van der Waals surface area (Å²) in [5, 5.41) is 12.2. The van der Waals surface area contributed by atoms with E-state index in [1.165, 1.54) is 6.26 Å². The van der Waals surface area contributed by atoms with E-state index >= 15 is 0 Å². The summed E-state index contributed by atoms with van der Waals surface area (Å²) in [6, 6.07) is 4.80. The van der Waals surface area contributed by atoms with Crippen LogP contribution in [-0.2, 0) is 6.54 Å². The Bertz CT molecular complexity index is 585. The average molecular weight is 276 g/mol. The highest BCUT2D eigenvalue weighted by molar-refractivity contribution is 5.95. The molecule has 2 rings (SSSR count). The van der Waals surface area contributed by atoms with Crippen LogP contribution in [0.4, 0.5) is 0 Å². The third kappa shape index (κ3) is 2.63. The van der Waals surface area contributed by atoms with Crippen LogP contribution in [0.5, 0.6) is 0 Å². The minimum Gasteiger partial charge on any atom is -0.467 e. The van der Waals surface area contributed by atoms with Gasteiger partial charge in [-0.2, -0.15) is 0 Å². The Morgan fingerprint density at radius 3 is 2.75 bits per heavy atom. The third-order valence-electron chi connectivity index (χ3n) is 3.51. The Balaban J connectivity index is 2.20. The molecule has 1 unspecified atom stereocenters. The first-order chi connectivity index (χ1) is 9.58. The van der Waals surface area contributed by atoms with Crippen LogP contribution in [0.1, 0.15) is 40.5 Å². The molecule has 1 amide bonds. The van der Waals surface area contributed by atoms with Crippen LogP contribution in [0.2, 0.25) is 0 Å². The number of furan rings is 1. The summed E-state index contributed by atoms with van der Waals surface area (Å²) in [6.45, 7) is 6.56. The van der Waals surface area contributed by atoms with Crippen molar-refractivity contribution in [3.8, 4) is 0 Å². The number of hydrogen-bond donors (Lipinski definition) is 2. The number of nitrogens with one attached hydrogen (secondary N) is 1. The maximum Gasteiger partial charge on any atom is 0.253 e. The number of hydrogen-bond acceptors (Lipinski definition) is 3. The van der Waals surface area contributed by atoms with Gasteiger partial charge in [0, 0.05) is 17.9 Å². The van der Waals surface area contributed by atoms with Crippen molar-refractivity contribution in [3.63, 3.8) is 0 Å². The predicted octanol–water partition coefficient (Wildman–Crippen LogP) is 2.18. The molecule has 2 aromatic rings. The maximum atomic E-state index is 12.3. The Morgan fingerprint density at radius 2 is 2.25 bits per heavy atom. The molecule has 5 heteroatoms. The summed E-state index contributed by atoms with van der Waals surface area (Å²) in [5.41, 5.74) is 2.61. The number of rotatable bonds is 5. The van der Waals surface area contributed by atoms with Crippen molar-refractivity contribution in [2.75, 3.05) is 6.61 Å². The van der Waals surface area contributed by atoms with Gasteiger partial charge in [-0.25, -0.2) is 0 Å². The van der Waals surface area contributed by atoms with Gasteiger partial charge in [-0.15, -0.1) is 0 Å². The van der Waals surface area contributed by atoms with Crippen molar-refractivity contribution in [2.24, 2.45) is 0 Å². The van der Waals surface area contributed by atoms with Gasteiger partial charge in [0.25, 0.3) is 5.91 Å². The zero-order valence-electron chi connectivity index (χ0n) is 12.0. The van der Waals surface area contributed by atoms with Gasteiger partial charge in [-0.05, 0) is 39.0 Å². The second-order valence-corrected chi connectivity index (χ2v) is 4.75. The summed E-state index contributed by atoms with van der Waals surface area (Å²) in [4.78, 5) is 12.3. The van der Waals surface area contributed by atoms with E-state index < -0.39 is 6.04 Å². The minimum atomic E-state index is -0.526. The molecular weight excluding hydrogens is 256 g/mol. The lowest BCUT2D eigenvalue weighted by atomic mass is 10.2. The fourth-order valence-corrected chi connectivity index (χ4v) is 2.45. The molecule has 108 valence electrons. The van der Waals surface area contributed by atoms with Crippen molar-refractivity contribution < 1.29 is 14.3 Å². The van der Waals surface area contributed by atoms with E-state index in [4.69, 9.17) is 4.42 Å². The van der Waals surface area contributed by atoms with E-state index in [1.807, 2.05) is 26.8 Å². The van der Waals surface area contributed by atoms with Gasteiger partial charge in [0.15, 0.2) is 0 Å². The molecule has 0 fully saturated rings. The first kappa shape index (κ1) is 14.4. The first-order valence-corrected chi connectivity index (χ1v) is 6.70. The van der Waals surface area contributed by atoms with Gasteiger partial charge >= 0.3 is 0 Å². The standard InChI is InChI=1S/C15H20N2O3/c1-4-17-10(2)8-12(11(17)3)15(19)16-13(9-18)14-6-5-7-20-14/h5-8,13,18H,4,9H2,1-3H3,(H,16,19). The summed E-state index contributed by atoms with van der Waals surface area (Å²) in [6.07, 6.45) is 1.52. The Labute approximate surface area is 118 Å². The van der Waals surface area contributed by atoms with Crippen LogP contribution in [0.15, 0.2) is 28.9 Å². The van der Waals surface area contributed by atoms with Crippen LogP contribution < -0.4 is 5.32 Å². The molecule has 0 spiro atoms. The SMILES string of the molecule is CCn1c(C)cc(C(=O)NC(CO)c2ccco2)c1C. The van der Waals surface area contributed by atoms with E-state index in [2.05, 4.69) is 9.88 Å². The number of amides is 1. The van der Waals surface area contributed by atoms with Crippen molar-refractivity contribution in [3.05, 3.63) is 47.2 Å². The van der Waals surface area contributed by atoms with E-state index in [1.54, 1.807) is 12.1 Å². The topological polar surface area (TPSA) is 67.4 Å². The molecule has 0 saturated heterocycles. The first-order valence-electron chi connectivity index (χ1n) is 6.70. The Kier molecular flexibility index (Phi) is 4.29. The molecule has 20 heavy (non-hydrogen) atoms. The minimum absolute atomic E-state index is 0.201. The molecule has 1 atom stereocenters. The Hall–Kier alpha value is -2.01. The lowest BCUT2D eigenvalue weighted by molar-refractivity contribution is 0.0906. The zero-order chi connectivity index (χ0) is 14.7. The highest BCUT2D eigenvalue weighted by Crippen LogP contribution is 2.18. The lowest BCUT2D eigenvalue weighted by Crippen LogP contribution is -2.30. The summed E-state index contributed by atoms with van der Waals surface area (Å²) in [5.74, 6) is 0.346. The van der Waals surface area contributed by atoms with Crippen LogP contribution >= 0.6 is 0 Å². The largest absolute Gasteiger partial charge is 0.467 e. The number of nitrogens with zero attached hydrogens (tertiary/aromatic N) is 1. The van der Waals surface area contributed by atoms with Gasteiger partial charge in [-0.1, -0.05) is 0 Å². The number of carbonyl (C=O) groups excluding carboxylic acids is 1. The van der Waals surface area contributed by atoms with Gasteiger partial charge in [0.05, 0.1) is 18.4 Å². The number of aliphatic hydroxyl groups excluding tert-OH is 1. The van der Waals surface area contributed by atoms with Crippen molar-refractivity contribution in [1.29, 1.82) is 0 Å². The molecule has 2 heterocycles. The maximum absolute atomic E-state index is 12.3. The van der Waals surface area contributed by atoms with E-state index in [0.29, 0.717) is 11.3 Å². The zero-order valence-corrected chi connectivity index (χ0v) is 12.0. The number of aliphatic hydroxyl groups is 1. The number of aromatic nitrogens is 1. The molecular formula is C15H20N2O3. The van der Waals surface area contributed by atoms with Crippen LogP contribution in [0, 0.1) is 13.8 Å². The molecule has 5 nitrogen and oxygen atoms in total. The summed E-state index contributed by atoms with van der Waals surface area (Å²) >= 11 is 0. The number of aryl methyl sites for hydroxylation is 1. The second kappa shape index (κ2) is 5.96. The molecule has 0 aliphatic carbocycles. The highest BCUT2D eigenvalue weighted by Gasteiger charge is 2.20. The molecule has 2 aromatic heterocycles. The normalized spacial score (nSPS) is 12.4. The van der Waals surface area contributed by atoms with Gasteiger partial charge < -0.3 is 19.4 Å². The van der Waals surface area contributed by atoms with Crippen molar-refractivity contribution >= 4 is 5.91 Å². The molecule has 2 N–H and O–H groups in total. The molecule has 0 radical (unpaired) electrons. The molecule has 0 aromatic carbocycles. The smallest absolute Gasteiger partial charge is 0.253 e. The molecule has 0 bridgehead atoms. The van der Waals surface area contributed by atoms with Crippen molar-refractivity contribution in [2.45, 2.75) is 33.4 Å². The van der Waals surface area contributed by atoms with Crippen LogP contribution in [0.25, 0.3) is 0 Å². The van der Waals surface area contributed by atoms with Gasteiger partial charge in [-0.3, -0.25) is 4.79 Å². The van der Waals surface area contributed by atoms with Crippen molar-refractivity contribution in [1.82, 2.24) is 9.88 Å². The van der Waals surface area contributed by atoms with E-state index in [-0.39, 0.29) is 12.5 Å². The highest BCUT2D eigenvalue weighted by atomic mass is 16.3. The quantitative estimate of drug-likeness (QED) is 0.879. The average Bonchev–Trinajstić information content (AvgIpc) is 3.04. The van der Waals surface area contributed by atoms with Crippen LogP contribution in [0.3, 0.4) is 0 Å². The summed E-state index contributed by atoms with van der Waals surface area (Å²) in [7, 11) is 0. The Morgan fingerprint density at radius 1 is 1.50 bits per heavy atom. The summed E-state index contributed by atoms with van der Waals surface area (Å²) < 4.78 is 7.30. The second-order valence-electron chi connectivity index (χ2n) is 4.75. The van der Waals surface area contributed by atoms with Gasteiger partial charge in [0.2, 0.25) is 0 Å². The monoisotopic (exact) mass is 276 g/mol. The molecule has 0 aliphatic rings. The van der Waals surface area contributed by atoms with Crippen LogP contribution in [-0.4, -0.2) is 22.2 Å². The predicted molar refractivity (Wildman–Crippen MR) is 75.6 cm³/mol.